The third-order valence-electron chi connectivity index (χ3n) is 2.80. The standard InChI is InChI=1S/C12H27NO2/c1-3-5-7-12(11-15)13(9-10-14)8-6-4-2/h12,14-15H,3-11H2,1-2H3. The minimum Gasteiger partial charge on any atom is -0.395 e. The number of aliphatic hydroxyl groups excluding tert-OH is 2. The van der Waals surface area contributed by atoms with Crippen LogP contribution < -0.4 is 0 Å². The van der Waals surface area contributed by atoms with Gasteiger partial charge >= 0.3 is 0 Å². The van der Waals surface area contributed by atoms with E-state index in [4.69, 9.17) is 5.11 Å². The summed E-state index contributed by atoms with van der Waals surface area (Å²) < 4.78 is 0. The number of hydrogen-bond donors (Lipinski definition) is 2. The normalized spacial score (nSPS) is 13.4. The second kappa shape index (κ2) is 10.4. The van der Waals surface area contributed by atoms with Gasteiger partial charge in [0.25, 0.3) is 0 Å². The summed E-state index contributed by atoms with van der Waals surface area (Å²) in [7, 11) is 0. The molecule has 0 fully saturated rings. The van der Waals surface area contributed by atoms with Gasteiger partial charge in [0.2, 0.25) is 0 Å². The molecule has 0 aliphatic rings. The van der Waals surface area contributed by atoms with Crippen LogP contribution in [0.2, 0.25) is 0 Å². The molecule has 0 amide bonds. The maximum Gasteiger partial charge on any atom is 0.0586 e. The van der Waals surface area contributed by atoms with Crippen LogP contribution in [0.5, 0.6) is 0 Å². The summed E-state index contributed by atoms with van der Waals surface area (Å²) in [6.07, 6.45) is 5.66. The van der Waals surface area contributed by atoms with Gasteiger partial charge in [0.1, 0.15) is 0 Å². The molecule has 92 valence electrons. The van der Waals surface area contributed by atoms with E-state index in [1.165, 1.54) is 0 Å². The van der Waals surface area contributed by atoms with Gasteiger partial charge in [-0.05, 0) is 19.4 Å². The fourth-order valence-electron chi connectivity index (χ4n) is 1.80. The molecule has 3 heteroatoms. The third kappa shape index (κ3) is 6.88. The quantitative estimate of drug-likeness (QED) is 0.584. The van der Waals surface area contributed by atoms with E-state index in [2.05, 4.69) is 18.7 Å². The van der Waals surface area contributed by atoms with E-state index in [-0.39, 0.29) is 19.3 Å². The van der Waals surface area contributed by atoms with Crippen molar-refractivity contribution in [3.8, 4) is 0 Å². The second-order valence-electron chi connectivity index (χ2n) is 4.09. The van der Waals surface area contributed by atoms with Gasteiger partial charge in [0.05, 0.1) is 13.2 Å². The Morgan fingerprint density at radius 2 is 1.67 bits per heavy atom. The molecule has 0 aliphatic heterocycles. The highest BCUT2D eigenvalue weighted by Crippen LogP contribution is 2.09. The highest BCUT2D eigenvalue weighted by atomic mass is 16.3. The topological polar surface area (TPSA) is 43.7 Å². The molecule has 3 nitrogen and oxygen atoms in total. The van der Waals surface area contributed by atoms with Crippen molar-refractivity contribution in [1.82, 2.24) is 4.90 Å². The number of nitrogens with zero attached hydrogens (tertiary/aromatic N) is 1. The van der Waals surface area contributed by atoms with Crippen molar-refractivity contribution in [2.45, 2.75) is 52.0 Å². The van der Waals surface area contributed by atoms with E-state index in [1.807, 2.05) is 0 Å². The van der Waals surface area contributed by atoms with E-state index in [0.717, 1.165) is 38.6 Å². The number of unbranched alkanes of at least 4 members (excludes halogenated alkanes) is 2. The lowest BCUT2D eigenvalue weighted by Gasteiger charge is -2.29. The van der Waals surface area contributed by atoms with Crippen LogP contribution in [-0.2, 0) is 0 Å². The molecule has 0 spiro atoms. The smallest absolute Gasteiger partial charge is 0.0586 e. The van der Waals surface area contributed by atoms with Crippen LogP contribution in [0, 0.1) is 0 Å². The molecule has 0 heterocycles. The number of aliphatic hydroxyl groups is 2. The largest absolute Gasteiger partial charge is 0.395 e. The maximum atomic E-state index is 9.33. The van der Waals surface area contributed by atoms with Crippen LogP contribution in [0.15, 0.2) is 0 Å². The zero-order chi connectivity index (χ0) is 11.5. The van der Waals surface area contributed by atoms with Gasteiger partial charge in [-0.2, -0.15) is 0 Å². The Morgan fingerprint density at radius 1 is 1.00 bits per heavy atom. The Balaban J connectivity index is 4.00. The van der Waals surface area contributed by atoms with E-state index in [0.29, 0.717) is 6.54 Å². The summed E-state index contributed by atoms with van der Waals surface area (Å²) in [5, 5.41) is 18.3. The monoisotopic (exact) mass is 217 g/mol. The molecule has 1 atom stereocenters. The van der Waals surface area contributed by atoms with Gasteiger partial charge < -0.3 is 10.2 Å². The van der Waals surface area contributed by atoms with Crippen molar-refractivity contribution < 1.29 is 10.2 Å². The highest BCUT2D eigenvalue weighted by molar-refractivity contribution is 4.70. The van der Waals surface area contributed by atoms with Crippen LogP contribution in [-0.4, -0.2) is 47.5 Å². The Bertz CT molecular complexity index is 131. The number of rotatable bonds is 10. The van der Waals surface area contributed by atoms with Crippen LogP contribution in [0.3, 0.4) is 0 Å². The van der Waals surface area contributed by atoms with Crippen molar-refractivity contribution >= 4 is 0 Å². The SMILES string of the molecule is CCCCC(CO)N(CCO)CCCC. The van der Waals surface area contributed by atoms with Crippen molar-refractivity contribution in [3.63, 3.8) is 0 Å². The molecule has 0 aromatic rings. The predicted molar refractivity (Wildman–Crippen MR) is 64.0 cm³/mol. The van der Waals surface area contributed by atoms with E-state index >= 15 is 0 Å². The summed E-state index contributed by atoms with van der Waals surface area (Å²) in [6.45, 7) is 6.41. The lowest BCUT2D eigenvalue weighted by molar-refractivity contribution is 0.0934. The summed E-state index contributed by atoms with van der Waals surface area (Å²) >= 11 is 0. The molecular weight excluding hydrogens is 190 g/mol. The Hall–Kier alpha value is -0.120. The average molecular weight is 217 g/mol. The van der Waals surface area contributed by atoms with Crippen LogP contribution in [0.4, 0.5) is 0 Å². The minimum atomic E-state index is 0.187. The second-order valence-corrected chi connectivity index (χ2v) is 4.09. The molecule has 0 aromatic heterocycles. The molecule has 2 N–H and O–H groups in total. The zero-order valence-electron chi connectivity index (χ0n) is 10.3. The molecule has 0 saturated heterocycles. The molecule has 0 bridgehead atoms. The van der Waals surface area contributed by atoms with E-state index in [9.17, 15) is 5.11 Å². The molecule has 15 heavy (non-hydrogen) atoms. The first-order valence-electron chi connectivity index (χ1n) is 6.25. The first kappa shape index (κ1) is 14.9. The number of hydrogen-bond acceptors (Lipinski definition) is 3. The summed E-state index contributed by atoms with van der Waals surface area (Å²) in [5.41, 5.74) is 0. The third-order valence-corrected chi connectivity index (χ3v) is 2.80. The molecule has 0 saturated carbocycles. The van der Waals surface area contributed by atoms with Crippen molar-refractivity contribution in [1.29, 1.82) is 0 Å². The summed E-state index contributed by atoms with van der Waals surface area (Å²) in [5.74, 6) is 0. The van der Waals surface area contributed by atoms with Crippen LogP contribution >= 0.6 is 0 Å². The lowest BCUT2D eigenvalue weighted by atomic mass is 10.1. The average Bonchev–Trinajstić information content (AvgIpc) is 2.26. The van der Waals surface area contributed by atoms with Crippen LogP contribution in [0.25, 0.3) is 0 Å². The van der Waals surface area contributed by atoms with Crippen molar-refractivity contribution in [2.24, 2.45) is 0 Å². The maximum absolute atomic E-state index is 9.33. The van der Waals surface area contributed by atoms with Crippen molar-refractivity contribution in [2.75, 3.05) is 26.3 Å². The van der Waals surface area contributed by atoms with E-state index in [1.54, 1.807) is 0 Å². The van der Waals surface area contributed by atoms with Gasteiger partial charge in [-0.3, -0.25) is 4.90 Å². The first-order chi connectivity index (χ1) is 7.29. The molecule has 0 aromatic carbocycles. The Labute approximate surface area is 94.1 Å². The molecule has 0 rings (SSSR count). The van der Waals surface area contributed by atoms with Gasteiger partial charge in [-0.25, -0.2) is 0 Å². The minimum absolute atomic E-state index is 0.187. The first-order valence-corrected chi connectivity index (χ1v) is 6.25. The van der Waals surface area contributed by atoms with Gasteiger partial charge in [0, 0.05) is 12.6 Å². The summed E-state index contributed by atoms with van der Waals surface area (Å²) in [4.78, 5) is 2.22. The van der Waals surface area contributed by atoms with Crippen LogP contribution in [0.1, 0.15) is 46.0 Å². The van der Waals surface area contributed by atoms with Gasteiger partial charge in [-0.1, -0.05) is 33.1 Å². The lowest BCUT2D eigenvalue weighted by Crippen LogP contribution is -2.40. The molecule has 0 aliphatic carbocycles. The molecule has 0 radical (unpaired) electrons. The fourth-order valence-corrected chi connectivity index (χ4v) is 1.80. The Morgan fingerprint density at radius 3 is 2.13 bits per heavy atom. The molecule has 1 unspecified atom stereocenters. The zero-order valence-corrected chi connectivity index (χ0v) is 10.3. The Kier molecular flexibility index (Phi) is 10.3. The summed E-state index contributed by atoms with van der Waals surface area (Å²) in [6, 6.07) is 0.239. The fraction of sp³-hybridized carbons (Fsp3) is 1.00. The van der Waals surface area contributed by atoms with Gasteiger partial charge in [0.15, 0.2) is 0 Å². The van der Waals surface area contributed by atoms with Crippen molar-refractivity contribution in [3.05, 3.63) is 0 Å². The predicted octanol–water partition coefficient (Wildman–Crippen LogP) is 1.63. The van der Waals surface area contributed by atoms with Gasteiger partial charge in [-0.15, -0.1) is 0 Å². The van der Waals surface area contributed by atoms with E-state index < -0.39 is 0 Å². The molecular formula is C12H27NO2. The highest BCUT2D eigenvalue weighted by Gasteiger charge is 2.15.